The van der Waals surface area contributed by atoms with Crippen molar-refractivity contribution in [2.24, 2.45) is 0 Å². The molecule has 0 bridgehead atoms. The first-order valence-electron chi connectivity index (χ1n) is 10.6. The van der Waals surface area contributed by atoms with Crippen LogP contribution in [0.5, 0.6) is 0 Å². The minimum Gasteiger partial charge on any atom is -0.464 e. The van der Waals surface area contributed by atoms with Crippen LogP contribution in [0.4, 0.5) is 5.69 Å². The Morgan fingerprint density at radius 2 is 1.85 bits per heavy atom. The van der Waals surface area contributed by atoms with Crippen molar-refractivity contribution in [1.82, 2.24) is 14.8 Å². The molecule has 2 aromatic carbocycles. The summed E-state index contributed by atoms with van der Waals surface area (Å²) in [5.41, 5.74) is 5.24. The molecule has 5 aromatic rings. The first-order chi connectivity index (χ1) is 15.9. The summed E-state index contributed by atoms with van der Waals surface area (Å²) in [5.74, 6) is -0.286. The second-order valence-corrected chi connectivity index (χ2v) is 8.18. The first-order valence-corrected chi connectivity index (χ1v) is 10.6. The van der Waals surface area contributed by atoms with Crippen molar-refractivity contribution in [1.29, 1.82) is 0 Å². The highest BCUT2D eigenvalue weighted by Crippen LogP contribution is 2.32. The SMILES string of the molecule is Cc1coc2c(C)c3oc(=O)c(CC(=O)Nc4ccc(Cn5cncn5)cc4)c(C)c3cc12. The largest absolute Gasteiger partial charge is 0.464 e. The third-order valence-corrected chi connectivity index (χ3v) is 5.92. The molecule has 1 amide bonds. The molecule has 8 heteroatoms. The van der Waals surface area contributed by atoms with E-state index in [-0.39, 0.29) is 12.3 Å². The maximum atomic E-state index is 12.7. The Morgan fingerprint density at radius 3 is 2.58 bits per heavy atom. The van der Waals surface area contributed by atoms with Gasteiger partial charge in [-0.3, -0.25) is 4.79 Å². The van der Waals surface area contributed by atoms with Crippen LogP contribution in [0.1, 0.15) is 27.8 Å². The Hall–Kier alpha value is -4.20. The number of aryl methyl sites for hydroxylation is 3. The normalized spacial score (nSPS) is 11.4. The van der Waals surface area contributed by atoms with Crippen molar-refractivity contribution >= 4 is 33.5 Å². The van der Waals surface area contributed by atoms with Crippen LogP contribution >= 0.6 is 0 Å². The van der Waals surface area contributed by atoms with Crippen LogP contribution in [0.25, 0.3) is 21.9 Å². The number of benzene rings is 2. The van der Waals surface area contributed by atoms with Gasteiger partial charge in [0, 0.05) is 22.0 Å². The molecule has 0 spiro atoms. The predicted molar refractivity (Wildman–Crippen MR) is 124 cm³/mol. The number of hydrogen-bond donors (Lipinski definition) is 1. The summed E-state index contributed by atoms with van der Waals surface area (Å²) < 4.78 is 13.0. The van der Waals surface area contributed by atoms with Crippen LogP contribution in [0.3, 0.4) is 0 Å². The van der Waals surface area contributed by atoms with Crippen LogP contribution in [0, 0.1) is 20.8 Å². The summed E-state index contributed by atoms with van der Waals surface area (Å²) in [5, 5.41) is 8.72. The monoisotopic (exact) mass is 442 g/mol. The van der Waals surface area contributed by atoms with E-state index in [1.54, 1.807) is 17.3 Å². The van der Waals surface area contributed by atoms with E-state index in [1.807, 2.05) is 51.1 Å². The maximum absolute atomic E-state index is 12.7. The second-order valence-electron chi connectivity index (χ2n) is 8.18. The second kappa shape index (κ2) is 8.05. The van der Waals surface area contributed by atoms with E-state index in [1.165, 1.54) is 6.33 Å². The van der Waals surface area contributed by atoms with Gasteiger partial charge in [-0.15, -0.1) is 0 Å². The van der Waals surface area contributed by atoms with E-state index in [9.17, 15) is 9.59 Å². The lowest BCUT2D eigenvalue weighted by atomic mass is 9.99. The molecule has 0 aliphatic carbocycles. The molecule has 33 heavy (non-hydrogen) atoms. The van der Waals surface area contributed by atoms with Crippen LogP contribution in [-0.4, -0.2) is 20.7 Å². The lowest BCUT2D eigenvalue weighted by Crippen LogP contribution is -2.20. The number of hydrogen-bond acceptors (Lipinski definition) is 6. The molecule has 3 heterocycles. The van der Waals surface area contributed by atoms with Gasteiger partial charge < -0.3 is 14.2 Å². The van der Waals surface area contributed by atoms with Crippen LogP contribution < -0.4 is 10.9 Å². The highest BCUT2D eigenvalue weighted by Gasteiger charge is 2.19. The number of nitrogens with zero attached hydrogens (tertiary/aromatic N) is 3. The summed E-state index contributed by atoms with van der Waals surface area (Å²) in [6, 6.07) is 9.43. The summed E-state index contributed by atoms with van der Waals surface area (Å²) >= 11 is 0. The summed E-state index contributed by atoms with van der Waals surface area (Å²) in [6.07, 6.45) is 4.75. The van der Waals surface area contributed by atoms with Crippen molar-refractivity contribution in [2.45, 2.75) is 33.7 Å². The van der Waals surface area contributed by atoms with Gasteiger partial charge in [0.15, 0.2) is 0 Å². The number of carbonyl (C=O) groups excluding carboxylic acids is 1. The van der Waals surface area contributed by atoms with E-state index in [2.05, 4.69) is 15.4 Å². The molecule has 0 aliphatic rings. The summed E-state index contributed by atoms with van der Waals surface area (Å²) in [6.45, 7) is 6.28. The number of furan rings is 1. The van der Waals surface area contributed by atoms with Gasteiger partial charge in [0.05, 0.1) is 24.8 Å². The lowest BCUT2D eigenvalue weighted by molar-refractivity contribution is -0.115. The topological polar surface area (TPSA) is 103 Å². The fraction of sp³-hybridized carbons (Fsp3) is 0.200. The highest BCUT2D eigenvalue weighted by molar-refractivity contribution is 6.00. The number of carbonyl (C=O) groups is 1. The molecule has 8 nitrogen and oxygen atoms in total. The van der Waals surface area contributed by atoms with E-state index in [0.29, 0.717) is 29.0 Å². The molecule has 0 saturated carbocycles. The molecule has 0 unspecified atom stereocenters. The van der Waals surface area contributed by atoms with Gasteiger partial charge in [0.25, 0.3) is 0 Å². The first kappa shape index (κ1) is 20.7. The third-order valence-electron chi connectivity index (χ3n) is 5.92. The number of rotatable bonds is 5. The number of anilines is 1. The molecular formula is C25H22N4O4. The number of nitrogens with one attached hydrogen (secondary N) is 1. The number of amides is 1. The van der Waals surface area contributed by atoms with Crippen LogP contribution in [0.15, 0.2) is 62.9 Å². The molecular weight excluding hydrogens is 420 g/mol. The molecule has 1 N–H and O–H groups in total. The molecule has 0 saturated heterocycles. The number of fused-ring (bicyclic) bond motifs is 2. The maximum Gasteiger partial charge on any atom is 0.340 e. The van der Waals surface area contributed by atoms with Crippen molar-refractivity contribution in [2.75, 3.05) is 5.32 Å². The Balaban J connectivity index is 1.39. The van der Waals surface area contributed by atoms with Crippen LogP contribution in [-0.2, 0) is 17.8 Å². The fourth-order valence-corrected chi connectivity index (χ4v) is 4.08. The number of aromatic nitrogens is 3. The van der Waals surface area contributed by atoms with Crippen molar-refractivity contribution < 1.29 is 13.6 Å². The van der Waals surface area contributed by atoms with Crippen molar-refractivity contribution in [3.8, 4) is 0 Å². The Morgan fingerprint density at radius 1 is 1.06 bits per heavy atom. The molecule has 166 valence electrons. The minimum absolute atomic E-state index is 0.0771. The summed E-state index contributed by atoms with van der Waals surface area (Å²) in [7, 11) is 0. The molecule has 0 aliphatic heterocycles. The summed E-state index contributed by atoms with van der Waals surface area (Å²) in [4.78, 5) is 29.4. The zero-order chi connectivity index (χ0) is 23.1. The zero-order valence-corrected chi connectivity index (χ0v) is 18.5. The van der Waals surface area contributed by atoms with E-state index in [0.717, 1.165) is 33.0 Å². The van der Waals surface area contributed by atoms with Gasteiger partial charge in [0.1, 0.15) is 23.8 Å². The fourth-order valence-electron chi connectivity index (χ4n) is 4.08. The molecule has 0 radical (unpaired) electrons. The van der Waals surface area contributed by atoms with Gasteiger partial charge in [0.2, 0.25) is 5.91 Å². The van der Waals surface area contributed by atoms with Crippen molar-refractivity contribution in [3.63, 3.8) is 0 Å². The average molecular weight is 442 g/mol. The van der Waals surface area contributed by atoms with Gasteiger partial charge >= 0.3 is 5.63 Å². The van der Waals surface area contributed by atoms with E-state index in [4.69, 9.17) is 8.83 Å². The molecule has 0 fully saturated rings. The quantitative estimate of drug-likeness (QED) is 0.408. The van der Waals surface area contributed by atoms with Gasteiger partial charge in [-0.2, -0.15) is 5.10 Å². The van der Waals surface area contributed by atoms with Gasteiger partial charge in [-0.1, -0.05) is 12.1 Å². The smallest absolute Gasteiger partial charge is 0.340 e. The Bertz CT molecular complexity index is 1540. The third kappa shape index (κ3) is 3.80. The van der Waals surface area contributed by atoms with Gasteiger partial charge in [-0.25, -0.2) is 14.5 Å². The Kier molecular flexibility index (Phi) is 5.05. The standard InChI is InChI=1S/C25H22N4O4/c1-14-11-32-23-16(3)24-20(8-19(14)23)15(2)21(25(31)33-24)9-22(30)28-18-6-4-17(5-7-18)10-29-13-26-12-27-29/h4-8,11-13H,9-10H2,1-3H3,(H,28,30). The molecule has 5 rings (SSSR count). The van der Waals surface area contributed by atoms with Crippen molar-refractivity contribution in [3.05, 3.63) is 87.5 Å². The highest BCUT2D eigenvalue weighted by atomic mass is 16.4. The lowest BCUT2D eigenvalue weighted by Gasteiger charge is -2.11. The Labute approximate surface area is 188 Å². The van der Waals surface area contributed by atoms with Gasteiger partial charge in [-0.05, 0) is 55.7 Å². The van der Waals surface area contributed by atoms with E-state index >= 15 is 0 Å². The molecule has 3 aromatic heterocycles. The zero-order valence-electron chi connectivity index (χ0n) is 18.5. The van der Waals surface area contributed by atoms with E-state index < -0.39 is 5.63 Å². The minimum atomic E-state index is -0.510. The van der Waals surface area contributed by atoms with Crippen LogP contribution in [0.2, 0.25) is 0 Å². The molecule has 0 atom stereocenters. The predicted octanol–water partition coefficient (Wildman–Crippen LogP) is 4.29. The average Bonchev–Trinajstić information content (AvgIpc) is 3.44.